The summed E-state index contributed by atoms with van der Waals surface area (Å²) in [4.78, 5) is 6.83. The molecule has 1 heterocycles. The van der Waals surface area contributed by atoms with Crippen molar-refractivity contribution in [3.63, 3.8) is 0 Å². The van der Waals surface area contributed by atoms with Gasteiger partial charge in [0.25, 0.3) is 0 Å². The van der Waals surface area contributed by atoms with Crippen molar-refractivity contribution >= 4 is 11.4 Å². The molecule has 0 amide bonds. The molecule has 0 aliphatic rings. The van der Waals surface area contributed by atoms with E-state index < -0.39 is 0 Å². The molecule has 3 heteroatoms. The Balaban J connectivity index is 1.97. The van der Waals surface area contributed by atoms with Crippen molar-refractivity contribution in [1.29, 1.82) is 0 Å². The maximum atomic E-state index is 4.49. The molecule has 20 heavy (non-hydrogen) atoms. The fourth-order valence-corrected chi connectivity index (χ4v) is 2.27. The zero-order chi connectivity index (χ0) is 14.4. The number of nitrogens with zero attached hydrogens (tertiary/aromatic N) is 2. The Bertz CT molecular complexity index is 530. The summed E-state index contributed by atoms with van der Waals surface area (Å²) < 4.78 is 0. The first-order chi connectivity index (χ1) is 9.72. The Morgan fingerprint density at radius 1 is 1.00 bits per heavy atom. The van der Waals surface area contributed by atoms with Gasteiger partial charge in [-0.3, -0.25) is 4.98 Å². The molecule has 1 N–H and O–H groups in total. The number of pyridine rings is 1. The number of hydrogen-bond acceptors (Lipinski definition) is 3. The molecular weight excluding hydrogens is 246 g/mol. The van der Waals surface area contributed by atoms with Crippen LogP contribution in [0.15, 0.2) is 42.5 Å². The van der Waals surface area contributed by atoms with Gasteiger partial charge in [-0.05, 0) is 57.2 Å². The molecule has 106 valence electrons. The third-order valence-corrected chi connectivity index (χ3v) is 3.42. The van der Waals surface area contributed by atoms with Gasteiger partial charge >= 0.3 is 0 Å². The van der Waals surface area contributed by atoms with Crippen LogP contribution < -0.4 is 10.2 Å². The smallest absolute Gasteiger partial charge is 0.0597 e. The Kier molecular flexibility index (Phi) is 4.99. The lowest BCUT2D eigenvalue weighted by Gasteiger charge is -2.21. The highest BCUT2D eigenvalue weighted by molar-refractivity contribution is 5.55. The number of aryl methyl sites for hydroxylation is 1. The second-order valence-electron chi connectivity index (χ2n) is 4.84. The summed E-state index contributed by atoms with van der Waals surface area (Å²) in [6.07, 6.45) is 0. The first-order valence-electron chi connectivity index (χ1n) is 7.24. The normalized spacial score (nSPS) is 10.3. The Hall–Kier alpha value is -2.03. The van der Waals surface area contributed by atoms with E-state index in [2.05, 4.69) is 53.3 Å². The lowest BCUT2D eigenvalue weighted by atomic mass is 10.2. The summed E-state index contributed by atoms with van der Waals surface area (Å²) in [5.74, 6) is 0. The molecule has 1 aromatic heterocycles. The number of benzene rings is 1. The van der Waals surface area contributed by atoms with Crippen LogP contribution in [0.3, 0.4) is 0 Å². The summed E-state index contributed by atoms with van der Waals surface area (Å²) in [5, 5.41) is 3.41. The van der Waals surface area contributed by atoms with Crippen LogP contribution in [0.4, 0.5) is 11.4 Å². The van der Waals surface area contributed by atoms with Gasteiger partial charge < -0.3 is 10.2 Å². The molecule has 0 aliphatic carbocycles. The van der Waals surface area contributed by atoms with Gasteiger partial charge in [0.15, 0.2) is 0 Å². The van der Waals surface area contributed by atoms with E-state index in [1.54, 1.807) is 0 Å². The molecule has 0 saturated heterocycles. The van der Waals surface area contributed by atoms with Gasteiger partial charge in [-0.2, -0.15) is 0 Å². The maximum Gasteiger partial charge on any atom is 0.0597 e. The minimum atomic E-state index is 0.756. The Labute approximate surface area is 121 Å². The van der Waals surface area contributed by atoms with E-state index in [0.717, 1.165) is 36.7 Å². The van der Waals surface area contributed by atoms with Crippen LogP contribution in [0.2, 0.25) is 0 Å². The van der Waals surface area contributed by atoms with Crippen molar-refractivity contribution in [1.82, 2.24) is 4.98 Å². The molecule has 0 spiro atoms. The van der Waals surface area contributed by atoms with Gasteiger partial charge in [-0.15, -0.1) is 0 Å². The van der Waals surface area contributed by atoms with Crippen LogP contribution in [0.5, 0.6) is 0 Å². The molecule has 0 radical (unpaired) electrons. The van der Waals surface area contributed by atoms with E-state index >= 15 is 0 Å². The summed E-state index contributed by atoms with van der Waals surface area (Å²) in [5.41, 5.74) is 4.53. The lowest BCUT2D eigenvalue weighted by Crippen LogP contribution is -2.21. The summed E-state index contributed by atoms with van der Waals surface area (Å²) in [6.45, 7) is 9.21. The van der Waals surface area contributed by atoms with E-state index in [0.29, 0.717) is 0 Å². The standard InChI is InChI=1S/C17H23N3/c1-4-20(5-2)17-11-9-15(10-12-17)18-13-16-8-6-7-14(3)19-16/h6-12,18H,4-5,13H2,1-3H3. The SMILES string of the molecule is CCN(CC)c1ccc(NCc2cccc(C)n2)cc1. The molecule has 0 aliphatic heterocycles. The highest BCUT2D eigenvalue weighted by Crippen LogP contribution is 2.18. The fourth-order valence-electron chi connectivity index (χ4n) is 2.27. The van der Waals surface area contributed by atoms with Crippen molar-refractivity contribution < 1.29 is 0 Å². The fraction of sp³-hybridized carbons (Fsp3) is 0.353. The van der Waals surface area contributed by atoms with Crippen LogP contribution in [0.1, 0.15) is 25.2 Å². The van der Waals surface area contributed by atoms with E-state index in [1.807, 2.05) is 25.1 Å². The van der Waals surface area contributed by atoms with Gasteiger partial charge in [0.1, 0.15) is 0 Å². The second-order valence-corrected chi connectivity index (χ2v) is 4.84. The van der Waals surface area contributed by atoms with Crippen molar-refractivity contribution in [3.8, 4) is 0 Å². The monoisotopic (exact) mass is 269 g/mol. The number of hydrogen-bond donors (Lipinski definition) is 1. The maximum absolute atomic E-state index is 4.49. The molecule has 2 aromatic rings. The number of nitrogens with one attached hydrogen (secondary N) is 1. The topological polar surface area (TPSA) is 28.2 Å². The molecule has 0 atom stereocenters. The van der Waals surface area contributed by atoms with Gasteiger partial charge in [0, 0.05) is 30.2 Å². The lowest BCUT2D eigenvalue weighted by molar-refractivity contribution is 0.866. The van der Waals surface area contributed by atoms with Crippen molar-refractivity contribution in [3.05, 3.63) is 53.9 Å². The van der Waals surface area contributed by atoms with Crippen molar-refractivity contribution in [2.45, 2.75) is 27.3 Å². The largest absolute Gasteiger partial charge is 0.379 e. The molecule has 2 rings (SSSR count). The molecule has 0 unspecified atom stereocenters. The Morgan fingerprint density at radius 2 is 1.70 bits per heavy atom. The molecule has 0 bridgehead atoms. The summed E-state index contributed by atoms with van der Waals surface area (Å²) >= 11 is 0. The predicted octanol–water partition coefficient (Wildman–Crippen LogP) is 3.85. The highest BCUT2D eigenvalue weighted by Gasteiger charge is 2.01. The minimum Gasteiger partial charge on any atom is -0.379 e. The van der Waals surface area contributed by atoms with Crippen LogP contribution in [0, 0.1) is 6.92 Å². The quantitative estimate of drug-likeness (QED) is 0.863. The van der Waals surface area contributed by atoms with E-state index in [1.165, 1.54) is 5.69 Å². The zero-order valence-electron chi connectivity index (χ0n) is 12.6. The Morgan fingerprint density at radius 3 is 2.30 bits per heavy atom. The first kappa shape index (κ1) is 14.4. The first-order valence-corrected chi connectivity index (χ1v) is 7.24. The third-order valence-electron chi connectivity index (χ3n) is 3.42. The van der Waals surface area contributed by atoms with Crippen LogP contribution in [-0.2, 0) is 6.54 Å². The van der Waals surface area contributed by atoms with E-state index in [4.69, 9.17) is 0 Å². The summed E-state index contributed by atoms with van der Waals surface area (Å²) in [7, 11) is 0. The third kappa shape index (κ3) is 3.73. The molecular formula is C17H23N3. The van der Waals surface area contributed by atoms with Crippen LogP contribution in [-0.4, -0.2) is 18.1 Å². The van der Waals surface area contributed by atoms with Crippen LogP contribution >= 0.6 is 0 Å². The molecule has 3 nitrogen and oxygen atoms in total. The van der Waals surface area contributed by atoms with Gasteiger partial charge in [0.05, 0.1) is 12.2 Å². The molecule has 0 fully saturated rings. The minimum absolute atomic E-state index is 0.756. The zero-order valence-corrected chi connectivity index (χ0v) is 12.6. The molecule has 0 saturated carbocycles. The average Bonchev–Trinajstić information content (AvgIpc) is 2.48. The van der Waals surface area contributed by atoms with E-state index in [9.17, 15) is 0 Å². The number of aromatic nitrogens is 1. The number of rotatable bonds is 6. The second kappa shape index (κ2) is 6.94. The van der Waals surface area contributed by atoms with Gasteiger partial charge in [-0.1, -0.05) is 6.07 Å². The summed E-state index contributed by atoms with van der Waals surface area (Å²) in [6, 6.07) is 14.7. The number of anilines is 2. The van der Waals surface area contributed by atoms with Gasteiger partial charge in [0.2, 0.25) is 0 Å². The molecule has 1 aromatic carbocycles. The van der Waals surface area contributed by atoms with Crippen molar-refractivity contribution in [2.24, 2.45) is 0 Å². The average molecular weight is 269 g/mol. The van der Waals surface area contributed by atoms with E-state index in [-0.39, 0.29) is 0 Å². The van der Waals surface area contributed by atoms with Crippen molar-refractivity contribution in [2.75, 3.05) is 23.3 Å². The predicted molar refractivity (Wildman–Crippen MR) is 86.3 cm³/mol. The highest BCUT2D eigenvalue weighted by atomic mass is 15.1. The van der Waals surface area contributed by atoms with Gasteiger partial charge in [-0.25, -0.2) is 0 Å². The van der Waals surface area contributed by atoms with Crippen LogP contribution in [0.25, 0.3) is 0 Å².